The highest BCUT2D eigenvalue weighted by molar-refractivity contribution is 5.22. The Morgan fingerprint density at radius 3 is 2.59 bits per heavy atom. The van der Waals surface area contributed by atoms with Crippen molar-refractivity contribution in [2.24, 2.45) is 5.41 Å². The first-order valence-electron chi connectivity index (χ1n) is 6.64. The van der Waals surface area contributed by atoms with Crippen LogP contribution in [0.15, 0.2) is 0 Å². The van der Waals surface area contributed by atoms with Crippen LogP contribution in [0, 0.1) is 5.41 Å². The number of hydrogen-bond donors (Lipinski definition) is 0. The van der Waals surface area contributed by atoms with Crippen LogP contribution in [-0.4, -0.2) is 42.2 Å². The van der Waals surface area contributed by atoms with E-state index in [0.29, 0.717) is 19.6 Å². The first kappa shape index (κ1) is 11.8. The Balaban J connectivity index is 1.74. The minimum Gasteiger partial charge on any atom is -0.377 e. The molecule has 3 aliphatic rings. The second-order valence-corrected chi connectivity index (χ2v) is 6.45. The fourth-order valence-electron chi connectivity index (χ4n) is 3.77. The Labute approximate surface area is 101 Å². The van der Waals surface area contributed by atoms with E-state index in [9.17, 15) is 8.78 Å². The lowest BCUT2D eigenvalue weighted by molar-refractivity contribution is 0.00191. The third-order valence-corrected chi connectivity index (χ3v) is 4.80. The van der Waals surface area contributed by atoms with Gasteiger partial charge in [-0.2, -0.15) is 0 Å². The molecular weight excluding hydrogens is 224 g/mol. The lowest BCUT2D eigenvalue weighted by Gasteiger charge is -2.32. The van der Waals surface area contributed by atoms with Gasteiger partial charge in [-0.1, -0.05) is 0 Å². The molecule has 0 aromatic heterocycles. The van der Waals surface area contributed by atoms with Crippen molar-refractivity contribution in [3.05, 3.63) is 0 Å². The Morgan fingerprint density at radius 1 is 1.29 bits per heavy atom. The summed E-state index contributed by atoms with van der Waals surface area (Å²) in [5.74, 6) is -2.41. The average molecular weight is 245 g/mol. The number of ether oxygens (including phenoxy) is 1. The van der Waals surface area contributed by atoms with E-state index in [2.05, 4.69) is 4.90 Å². The minimum atomic E-state index is -2.41. The largest absolute Gasteiger partial charge is 0.377 e. The molecule has 0 bridgehead atoms. The van der Waals surface area contributed by atoms with Crippen LogP contribution in [0.3, 0.4) is 0 Å². The van der Waals surface area contributed by atoms with E-state index >= 15 is 0 Å². The molecule has 1 spiro atoms. The predicted molar refractivity (Wildman–Crippen MR) is 61.2 cm³/mol. The zero-order valence-corrected chi connectivity index (χ0v) is 10.6. The van der Waals surface area contributed by atoms with Crippen molar-refractivity contribution >= 4 is 0 Å². The average Bonchev–Trinajstić information content (AvgIpc) is 2.55. The van der Waals surface area contributed by atoms with Gasteiger partial charge in [-0.05, 0) is 39.7 Å². The van der Waals surface area contributed by atoms with E-state index in [1.165, 1.54) is 0 Å². The van der Waals surface area contributed by atoms with Crippen LogP contribution in [0.1, 0.15) is 39.5 Å². The van der Waals surface area contributed by atoms with Gasteiger partial charge in [0.2, 0.25) is 0 Å². The second kappa shape index (κ2) is 3.41. The molecule has 2 heterocycles. The standard InChI is InChI=1S/C13H21F2NO/c1-10(2)17-9-12-4-3-5-16(12)8-11(6-12)7-13(11,14)15/h10H,3-9H2,1-2H3/t11-,12-/m0/s1. The summed E-state index contributed by atoms with van der Waals surface area (Å²) in [6.07, 6.45) is 3.07. The Morgan fingerprint density at radius 2 is 2.00 bits per heavy atom. The molecule has 4 heteroatoms. The predicted octanol–water partition coefficient (Wildman–Crippen LogP) is 2.68. The summed E-state index contributed by atoms with van der Waals surface area (Å²) in [6.45, 7) is 6.20. The lowest BCUT2D eigenvalue weighted by atomic mass is 9.89. The van der Waals surface area contributed by atoms with E-state index in [4.69, 9.17) is 4.74 Å². The highest BCUT2D eigenvalue weighted by atomic mass is 19.3. The molecular formula is C13H21F2NO. The Bertz CT molecular complexity index is 333. The molecule has 1 aliphatic carbocycles. The molecule has 0 radical (unpaired) electrons. The molecule has 17 heavy (non-hydrogen) atoms. The number of hydrogen-bond acceptors (Lipinski definition) is 2. The van der Waals surface area contributed by atoms with E-state index < -0.39 is 11.3 Å². The van der Waals surface area contributed by atoms with Gasteiger partial charge in [-0.3, -0.25) is 4.90 Å². The van der Waals surface area contributed by atoms with E-state index in [1.54, 1.807) is 0 Å². The van der Waals surface area contributed by atoms with Gasteiger partial charge >= 0.3 is 0 Å². The number of halogens is 2. The Hall–Kier alpha value is -0.220. The topological polar surface area (TPSA) is 12.5 Å². The maximum Gasteiger partial charge on any atom is 0.255 e. The van der Waals surface area contributed by atoms with Crippen molar-refractivity contribution in [2.75, 3.05) is 19.7 Å². The van der Waals surface area contributed by atoms with Crippen molar-refractivity contribution in [1.29, 1.82) is 0 Å². The normalized spacial score (nSPS) is 43.6. The maximum absolute atomic E-state index is 13.5. The molecule has 2 saturated heterocycles. The van der Waals surface area contributed by atoms with Crippen molar-refractivity contribution < 1.29 is 13.5 Å². The Kier molecular flexibility index (Phi) is 2.38. The van der Waals surface area contributed by atoms with Crippen molar-refractivity contribution in [2.45, 2.75) is 57.1 Å². The number of fused-ring (bicyclic) bond motifs is 1. The van der Waals surface area contributed by atoms with Crippen molar-refractivity contribution in [3.63, 3.8) is 0 Å². The molecule has 3 fully saturated rings. The zero-order valence-electron chi connectivity index (χ0n) is 10.6. The minimum absolute atomic E-state index is 0.0792. The van der Waals surface area contributed by atoms with Crippen LogP contribution in [0.5, 0.6) is 0 Å². The molecule has 0 N–H and O–H groups in total. The van der Waals surface area contributed by atoms with Crippen LogP contribution >= 0.6 is 0 Å². The first-order chi connectivity index (χ1) is 7.89. The SMILES string of the molecule is CC(C)OC[C@@]12CCCN1C[C@@]1(CC1(F)F)C2. The monoisotopic (exact) mass is 245 g/mol. The fourth-order valence-corrected chi connectivity index (χ4v) is 3.77. The third-order valence-electron chi connectivity index (χ3n) is 4.80. The lowest BCUT2D eigenvalue weighted by Crippen LogP contribution is -2.43. The van der Waals surface area contributed by atoms with E-state index in [1.807, 2.05) is 13.8 Å². The van der Waals surface area contributed by atoms with Crippen LogP contribution in [0.25, 0.3) is 0 Å². The van der Waals surface area contributed by atoms with Gasteiger partial charge < -0.3 is 4.74 Å². The summed E-state index contributed by atoms with van der Waals surface area (Å²) in [7, 11) is 0. The summed E-state index contributed by atoms with van der Waals surface area (Å²) in [5.41, 5.74) is -0.780. The van der Waals surface area contributed by atoms with Crippen LogP contribution in [0.2, 0.25) is 0 Å². The highest BCUT2D eigenvalue weighted by Crippen LogP contribution is 2.69. The molecule has 98 valence electrons. The van der Waals surface area contributed by atoms with Gasteiger partial charge in [0.05, 0.1) is 18.1 Å². The van der Waals surface area contributed by atoms with Crippen LogP contribution in [0.4, 0.5) is 8.78 Å². The summed E-state index contributed by atoms with van der Waals surface area (Å²) >= 11 is 0. The quantitative estimate of drug-likeness (QED) is 0.758. The van der Waals surface area contributed by atoms with Gasteiger partial charge in [0.1, 0.15) is 0 Å². The molecule has 2 nitrogen and oxygen atoms in total. The molecule has 0 aromatic carbocycles. The van der Waals surface area contributed by atoms with Gasteiger partial charge in [0.25, 0.3) is 5.92 Å². The summed E-state index contributed by atoms with van der Waals surface area (Å²) < 4.78 is 32.7. The van der Waals surface area contributed by atoms with Gasteiger partial charge in [-0.15, -0.1) is 0 Å². The van der Waals surface area contributed by atoms with E-state index in [-0.39, 0.29) is 18.1 Å². The molecule has 2 aliphatic heterocycles. The van der Waals surface area contributed by atoms with Gasteiger partial charge in [-0.25, -0.2) is 8.78 Å². The molecule has 0 unspecified atom stereocenters. The molecule has 0 amide bonds. The fraction of sp³-hybridized carbons (Fsp3) is 1.00. The van der Waals surface area contributed by atoms with Gasteiger partial charge in [0.15, 0.2) is 0 Å². The maximum atomic E-state index is 13.5. The number of nitrogens with zero attached hydrogens (tertiary/aromatic N) is 1. The first-order valence-corrected chi connectivity index (χ1v) is 6.64. The summed E-state index contributed by atoms with van der Waals surface area (Å²) in [4.78, 5) is 2.27. The third kappa shape index (κ3) is 1.64. The molecule has 3 rings (SSSR count). The number of alkyl halides is 2. The molecule has 1 saturated carbocycles. The van der Waals surface area contributed by atoms with Crippen molar-refractivity contribution in [1.82, 2.24) is 4.90 Å². The number of rotatable bonds is 3. The summed E-state index contributed by atoms with van der Waals surface area (Å²) in [5, 5.41) is 0. The second-order valence-electron chi connectivity index (χ2n) is 6.45. The van der Waals surface area contributed by atoms with Crippen LogP contribution < -0.4 is 0 Å². The highest BCUT2D eigenvalue weighted by Gasteiger charge is 2.77. The van der Waals surface area contributed by atoms with Crippen molar-refractivity contribution in [3.8, 4) is 0 Å². The summed E-state index contributed by atoms with van der Waals surface area (Å²) in [6, 6.07) is 0. The zero-order chi connectivity index (χ0) is 12.3. The molecule has 2 atom stereocenters. The van der Waals surface area contributed by atoms with Crippen LogP contribution in [-0.2, 0) is 4.74 Å². The van der Waals surface area contributed by atoms with E-state index in [0.717, 1.165) is 19.4 Å². The smallest absolute Gasteiger partial charge is 0.255 e. The molecule has 0 aromatic rings. The van der Waals surface area contributed by atoms with Gasteiger partial charge in [0, 0.05) is 18.5 Å².